The summed E-state index contributed by atoms with van der Waals surface area (Å²) >= 11 is 0. The van der Waals surface area contributed by atoms with Crippen molar-refractivity contribution >= 4 is 21.6 Å². The maximum absolute atomic E-state index is 15.0. The Labute approximate surface area is 197 Å². The highest BCUT2D eigenvalue weighted by Crippen LogP contribution is 2.59. The Morgan fingerprint density at radius 2 is 2.00 bits per heavy atom. The van der Waals surface area contributed by atoms with Crippen LogP contribution in [0.1, 0.15) is 35.8 Å². The van der Waals surface area contributed by atoms with Crippen molar-refractivity contribution in [3.05, 3.63) is 47.7 Å². The van der Waals surface area contributed by atoms with Gasteiger partial charge in [0.2, 0.25) is 15.9 Å². The molecular formula is C20H22F4N6O4S. The molecule has 1 amide bonds. The van der Waals surface area contributed by atoms with Crippen LogP contribution in [0.5, 0.6) is 5.88 Å². The number of rotatable bonds is 5. The van der Waals surface area contributed by atoms with Crippen LogP contribution in [-0.4, -0.2) is 59.5 Å². The largest absolute Gasteiger partial charge is 0.467 e. The van der Waals surface area contributed by atoms with Crippen molar-refractivity contribution in [1.29, 1.82) is 0 Å². The van der Waals surface area contributed by atoms with Gasteiger partial charge in [-0.15, -0.1) is 0 Å². The van der Waals surface area contributed by atoms with Crippen LogP contribution in [0, 0.1) is 5.82 Å². The van der Waals surface area contributed by atoms with Gasteiger partial charge in [-0.3, -0.25) is 10.1 Å². The number of hydrogen-bond acceptors (Lipinski definition) is 8. The van der Waals surface area contributed by atoms with Gasteiger partial charge >= 0.3 is 6.18 Å². The number of nitrogens with two attached hydrogens (primary N) is 1. The monoisotopic (exact) mass is 518 g/mol. The summed E-state index contributed by atoms with van der Waals surface area (Å²) in [4.78, 5) is 19.9. The van der Waals surface area contributed by atoms with Gasteiger partial charge in [-0.1, -0.05) is 0 Å². The summed E-state index contributed by atoms with van der Waals surface area (Å²) in [5.41, 5.74) is 4.49. The van der Waals surface area contributed by atoms with Crippen LogP contribution in [0.2, 0.25) is 0 Å². The van der Waals surface area contributed by atoms with Crippen molar-refractivity contribution in [2.75, 3.05) is 19.0 Å². The molecule has 2 aromatic rings. The Balaban J connectivity index is 1.57. The SMILES string of the molecule is CN1C(N)N[C@](C)(c2cc(NC(=O)c3cnc(OCC(F)(F)F)cn3)ccc2F)C2(CC2)S1(=O)=O. The minimum Gasteiger partial charge on any atom is -0.467 e. The molecule has 1 saturated carbocycles. The van der Waals surface area contributed by atoms with Crippen LogP contribution in [0.15, 0.2) is 30.6 Å². The van der Waals surface area contributed by atoms with Crippen molar-refractivity contribution in [3.63, 3.8) is 0 Å². The normalized spacial score (nSPS) is 25.3. The van der Waals surface area contributed by atoms with Gasteiger partial charge in [0.05, 0.1) is 17.9 Å². The molecule has 1 aromatic heterocycles. The zero-order valence-corrected chi connectivity index (χ0v) is 19.4. The topological polar surface area (TPSA) is 140 Å². The number of carbonyl (C=O) groups is 1. The molecule has 2 atom stereocenters. The summed E-state index contributed by atoms with van der Waals surface area (Å²) in [6.45, 7) is -0.00534. The van der Waals surface area contributed by atoms with Gasteiger partial charge in [0.25, 0.3) is 5.91 Å². The number of nitrogens with one attached hydrogen (secondary N) is 2. The number of alkyl halides is 3. The van der Waals surface area contributed by atoms with Crippen molar-refractivity contribution in [3.8, 4) is 5.88 Å². The van der Waals surface area contributed by atoms with Gasteiger partial charge in [0.15, 0.2) is 6.61 Å². The van der Waals surface area contributed by atoms with Gasteiger partial charge < -0.3 is 15.8 Å². The molecule has 2 heterocycles. The number of ether oxygens (including phenoxy) is 1. The lowest BCUT2D eigenvalue weighted by molar-refractivity contribution is -0.154. The van der Waals surface area contributed by atoms with E-state index in [1.54, 1.807) is 6.92 Å². The van der Waals surface area contributed by atoms with E-state index in [0.29, 0.717) is 12.8 Å². The van der Waals surface area contributed by atoms with Gasteiger partial charge in [-0.2, -0.15) is 17.5 Å². The first-order chi connectivity index (χ1) is 16.2. The van der Waals surface area contributed by atoms with Crippen molar-refractivity contribution in [2.24, 2.45) is 5.73 Å². The van der Waals surface area contributed by atoms with Crippen LogP contribution in [0.3, 0.4) is 0 Å². The second-order valence-corrected chi connectivity index (χ2v) is 10.8. The predicted molar refractivity (Wildman–Crippen MR) is 115 cm³/mol. The Bertz CT molecular complexity index is 1250. The number of aromatic nitrogens is 2. The van der Waals surface area contributed by atoms with Crippen molar-refractivity contribution < 1.29 is 35.5 Å². The van der Waals surface area contributed by atoms with E-state index in [0.717, 1.165) is 22.8 Å². The Kier molecular flexibility index (Phi) is 6.02. The second-order valence-electron chi connectivity index (χ2n) is 8.52. The van der Waals surface area contributed by atoms with Crippen molar-refractivity contribution in [2.45, 2.75) is 42.5 Å². The molecule has 1 aliphatic carbocycles. The van der Waals surface area contributed by atoms with E-state index in [-0.39, 0.29) is 16.9 Å². The molecule has 0 bridgehead atoms. The van der Waals surface area contributed by atoms with Crippen LogP contribution in [0.4, 0.5) is 23.2 Å². The zero-order valence-electron chi connectivity index (χ0n) is 18.6. The summed E-state index contributed by atoms with van der Waals surface area (Å²) in [5, 5.41) is 5.50. The maximum Gasteiger partial charge on any atom is 0.422 e. The molecule has 190 valence electrons. The third-order valence-electron chi connectivity index (χ3n) is 6.32. The molecule has 1 aliphatic heterocycles. The van der Waals surface area contributed by atoms with E-state index in [4.69, 9.17) is 5.73 Å². The fourth-order valence-corrected chi connectivity index (χ4v) is 6.45. The molecule has 10 nitrogen and oxygen atoms in total. The molecule has 15 heteroatoms. The molecule has 1 unspecified atom stereocenters. The minimum atomic E-state index is -4.56. The van der Waals surface area contributed by atoms with Gasteiger partial charge in [-0.05, 0) is 38.0 Å². The fourth-order valence-electron chi connectivity index (χ4n) is 4.24. The van der Waals surface area contributed by atoms with E-state index in [9.17, 15) is 30.8 Å². The predicted octanol–water partition coefficient (Wildman–Crippen LogP) is 1.66. The Morgan fingerprint density at radius 3 is 2.57 bits per heavy atom. The van der Waals surface area contributed by atoms with Crippen LogP contribution >= 0.6 is 0 Å². The first-order valence-corrected chi connectivity index (χ1v) is 11.8. The summed E-state index contributed by atoms with van der Waals surface area (Å²) in [6.07, 6.45) is -3.27. The molecule has 1 aromatic carbocycles. The zero-order chi connectivity index (χ0) is 25.8. The van der Waals surface area contributed by atoms with E-state index >= 15 is 0 Å². The molecule has 4 rings (SSSR count). The molecule has 35 heavy (non-hydrogen) atoms. The van der Waals surface area contributed by atoms with Gasteiger partial charge in [-0.25, -0.2) is 22.8 Å². The number of sulfonamides is 1. The van der Waals surface area contributed by atoms with E-state index in [2.05, 4.69) is 25.3 Å². The highest BCUT2D eigenvalue weighted by molar-refractivity contribution is 7.91. The number of halogens is 4. The van der Waals surface area contributed by atoms with Gasteiger partial charge in [0, 0.05) is 18.3 Å². The molecule has 1 spiro atoms. The van der Waals surface area contributed by atoms with Crippen LogP contribution < -0.4 is 21.1 Å². The Morgan fingerprint density at radius 1 is 1.31 bits per heavy atom. The average molecular weight is 518 g/mol. The lowest BCUT2D eigenvalue weighted by Crippen LogP contribution is -2.72. The molecule has 4 N–H and O–H groups in total. The maximum atomic E-state index is 15.0. The highest BCUT2D eigenvalue weighted by Gasteiger charge is 2.71. The molecule has 2 aliphatic rings. The summed E-state index contributed by atoms with van der Waals surface area (Å²) in [5.74, 6) is -1.89. The quantitative estimate of drug-likeness (QED) is 0.508. The average Bonchev–Trinajstić information content (AvgIpc) is 3.60. The number of amides is 1. The molecule has 0 radical (unpaired) electrons. The Hall–Kier alpha value is -2.88. The molecular weight excluding hydrogens is 496 g/mol. The van der Waals surface area contributed by atoms with Crippen molar-refractivity contribution in [1.82, 2.24) is 19.6 Å². The fraction of sp³-hybridized carbons (Fsp3) is 0.450. The van der Waals surface area contributed by atoms with Gasteiger partial charge in [0.1, 0.15) is 22.5 Å². The first kappa shape index (κ1) is 25.2. The summed E-state index contributed by atoms with van der Waals surface area (Å²) in [7, 11) is -2.51. The summed E-state index contributed by atoms with van der Waals surface area (Å²) < 4.78 is 82.1. The summed E-state index contributed by atoms with van der Waals surface area (Å²) in [6, 6.07) is 3.67. The standard InChI is InChI=1S/C20H22F4N6O4S/c1-18(19(5-6-19)35(32,33)30(2)17(25)29-18)12-7-11(3-4-13(12)21)28-16(31)14-8-27-15(9-26-14)34-10-20(22,23)24/h3-4,7-9,17,29H,5-6,10,25H2,1-2H3,(H,28,31)/t17?,18-/m1/s1. The lowest BCUT2D eigenvalue weighted by Gasteiger charge is -2.49. The van der Waals surface area contributed by atoms with Crippen LogP contribution in [0.25, 0.3) is 0 Å². The number of nitrogens with zero attached hydrogens (tertiary/aromatic N) is 3. The lowest BCUT2D eigenvalue weighted by atomic mass is 9.85. The van der Waals surface area contributed by atoms with Crippen LogP contribution in [-0.2, 0) is 15.6 Å². The third-order valence-corrected chi connectivity index (χ3v) is 9.11. The van der Waals surface area contributed by atoms with E-state index < -0.39 is 57.0 Å². The minimum absolute atomic E-state index is 0.00177. The molecule has 1 saturated heterocycles. The number of carbonyl (C=O) groups excluding carboxylic acids is 1. The first-order valence-electron chi connectivity index (χ1n) is 10.3. The number of anilines is 1. The molecule has 2 fully saturated rings. The van der Waals surface area contributed by atoms with E-state index in [1.807, 2.05) is 0 Å². The van der Waals surface area contributed by atoms with E-state index in [1.165, 1.54) is 19.2 Å². The third kappa shape index (κ3) is 4.32. The second kappa shape index (κ2) is 8.36. The highest BCUT2D eigenvalue weighted by atomic mass is 32.2. The number of benzene rings is 1. The smallest absolute Gasteiger partial charge is 0.422 e. The number of hydrogen-bond donors (Lipinski definition) is 3.